The Balaban J connectivity index is 2.26. The second kappa shape index (κ2) is 8.63. The Bertz CT molecular complexity index is 958. The Morgan fingerprint density at radius 3 is 2.44 bits per heavy atom. The fourth-order valence-electron chi connectivity index (χ4n) is 2.22. The Kier molecular flexibility index (Phi) is 6.51. The molecule has 2 rings (SSSR count). The number of amides is 1. The molecule has 0 atom stereocenters. The van der Waals surface area contributed by atoms with Gasteiger partial charge in [0.25, 0.3) is 0 Å². The second-order valence-corrected chi connectivity index (χ2v) is 7.12. The highest BCUT2D eigenvalue weighted by molar-refractivity contribution is 7.91. The van der Waals surface area contributed by atoms with Crippen molar-refractivity contribution in [2.45, 2.75) is 10.7 Å². The lowest BCUT2D eigenvalue weighted by Crippen LogP contribution is -2.16. The van der Waals surface area contributed by atoms with E-state index < -0.39 is 26.4 Å². The van der Waals surface area contributed by atoms with E-state index in [0.717, 1.165) is 12.1 Å². The number of carbonyl (C=O) groups is 1. The molecular formula is C18H17F2NO5S. The Morgan fingerprint density at radius 2 is 1.81 bits per heavy atom. The summed E-state index contributed by atoms with van der Waals surface area (Å²) in [7, 11) is -1.90. The molecule has 0 bridgehead atoms. The van der Waals surface area contributed by atoms with E-state index in [0.29, 0.717) is 17.1 Å². The fourth-order valence-corrected chi connectivity index (χ4v) is 3.11. The Morgan fingerprint density at radius 1 is 1.11 bits per heavy atom. The number of rotatable bonds is 7. The summed E-state index contributed by atoms with van der Waals surface area (Å²) in [4.78, 5) is 11.5. The number of hydrogen-bond acceptors (Lipinski definition) is 5. The van der Waals surface area contributed by atoms with E-state index in [-0.39, 0.29) is 5.69 Å². The third-order valence-corrected chi connectivity index (χ3v) is 4.98. The first-order valence-electron chi connectivity index (χ1n) is 7.61. The number of ether oxygens (including phenoxy) is 2. The maximum atomic E-state index is 12.8. The molecule has 0 saturated heterocycles. The van der Waals surface area contributed by atoms with Crippen LogP contribution in [0.3, 0.4) is 0 Å². The van der Waals surface area contributed by atoms with Crippen LogP contribution in [-0.4, -0.2) is 34.3 Å². The van der Waals surface area contributed by atoms with Crippen molar-refractivity contribution in [2.75, 3.05) is 19.5 Å². The first-order chi connectivity index (χ1) is 12.8. The van der Waals surface area contributed by atoms with Crippen molar-refractivity contribution in [3.8, 4) is 11.5 Å². The smallest absolute Gasteiger partial charge is 0.341 e. The molecular weight excluding hydrogens is 380 g/mol. The summed E-state index contributed by atoms with van der Waals surface area (Å²) in [5, 5.41) is 2.30. The van der Waals surface area contributed by atoms with Crippen molar-refractivity contribution in [3.63, 3.8) is 0 Å². The van der Waals surface area contributed by atoms with E-state index in [2.05, 4.69) is 5.32 Å². The average molecular weight is 397 g/mol. The standard InChI is InChI=1S/C18H17F2NO5S/c1-25-13-8-9-15(26-2)12(11-13)7-10-17(22)21-14-5-3-4-6-16(14)27(23,24)18(19)20/h3-11,18H,1-2H3,(H,21,22)/b10-7+. The largest absolute Gasteiger partial charge is 0.497 e. The number of nitrogens with one attached hydrogen (secondary N) is 1. The SMILES string of the molecule is COc1ccc(OC)c(/C=C/C(=O)Nc2ccccc2S(=O)(=O)C(F)F)c1. The van der Waals surface area contributed by atoms with Gasteiger partial charge < -0.3 is 14.8 Å². The van der Waals surface area contributed by atoms with Crippen LogP contribution >= 0.6 is 0 Å². The van der Waals surface area contributed by atoms with Crippen molar-refractivity contribution in [1.82, 2.24) is 0 Å². The molecule has 2 aromatic rings. The van der Waals surface area contributed by atoms with E-state index in [4.69, 9.17) is 9.47 Å². The highest BCUT2D eigenvalue weighted by Crippen LogP contribution is 2.27. The molecule has 2 aromatic carbocycles. The van der Waals surface area contributed by atoms with Crippen LogP contribution in [0, 0.1) is 0 Å². The highest BCUT2D eigenvalue weighted by Gasteiger charge is 2.29. The molecule has 0 aliphatic rings. The molecule has 0 saturated carbocycles. The average Bonchev–Trinajstić information content (AvgIpc) is 2.66. The van der Waals surface area contributed by atoms with Crippen LogP contribution in [0.15, 0.2) is 53.4 Å². The number of benzene rings is 2. The third-order valence-electron chi connectivity index (χ3n) is 3.54. The quantitative estimate of drug-likeness (QED) is 0.725. The Labute approximate surface area is 155 Å². The van der Waals surface area contributed by atoms with Crippen molar-refractivity contribution in [2.24, 2.45) is 0 Å². The van der Waals surface area contributed by atoms with Gasteiger partial charge in [-0.2, -0.15) is 8.78 Å². The van der Waals surface area contributed by atoms with Crippen molar-refractivity contribution in [1.29, 1.82) is 0 Å². The lowest BCUT2D eigenvalue weighted by Gasteiger charge is -2.10. The van der Waals surface area contributed by atoms with Crippen LogP contribution in [-0.2, 0) is 14.6 Å². The van der Waals surface area contributed by atoms with Crippen molar-refractivity contribution in [3.05, 3.63) is 54.1 Å². The van der Waals surface area contributed by atoms with Gasteiger partial charge >= 0.3 is 5.76 Å². The van der Waals surface area contributed by atoms with Gasteiger partial charge in [-0.1, -0.05) is 12.1 Å². The monoisotopic (exact) mass is 397 g/mol. The number of para-hydroxylation sites is 1. The summed E-state index contributed by atoms with van der Waals surface area (Å²) in [6, 6.07) is 9.93. The maximum Gasteiger partial charge on any atom is 0.341 e. The molecule has 0 unspecified atom stereocenters. The minimum absolute atomic E-state index is 0.231. The molecule has 1 N–H and O–H groups in total. The number of methoxy groups -OCH3 is 2. The normalized spacial score (nSPS) is 11.6. The maximum absolute atomic E-state index is 12.8. The number of carbonyl (C=O) groups excluding carboxylic acids is 1. The molecule has 0 spiro atoms. The van der Waals surface area contributed by atoms with E-state index in [1.165, 1.54) is 38.5 Å². The molecule has 0 aliphatic carbocycles. The molecule has 0 fully saturated rings. The zero-order valence-corrected chi connectivity index (χ0v) is 15.3. The number of alkyl halides is 2. The van der Waals surface area contributed by atoms with E-state index in [1.54, 1.807) is 18.2 Å². The number of sulfone groups is 1. The van der Waals surface area contributed by atoms with Crippen molar-refractivity contribution < 1.29 is 31.5 Å². The first-order valence-corrected chi connectivity index (χ1v) is 9.16. The zero-order chi connectivity index (χ0) is 20.0. The van der Waals surface area contributed by atoms with Gasteiger partial charge in [-0.3, -0.25) is 4.79 Å². The topological polar surface area (TPSA) is 81.7 Å². The van der Waals surface area contributed by atoms with Gasteiger partial charge in [-0.25, -0.2) is 8.42 Å². The third kappa shape index (κ3) is 4.82. The summed E-state index contributed by atoms with van der Waals surface area (Å²) in [6.07, 6.45) is 2.56. The molecule has 0 radical (unpaired) electrons. The summed E-state index contributed by atoms with van der Waals surface area (Å²) in [5.74, 6) is -3.26. The van der Waals surface area contributed by atoms with Crippen LogP contribution in [0.5, 0.6) is 11.5 Å². The van der Waals surface area contributed by atoms with Gasteiger partial charge in [0, 0.05) is 11.6 Å². The van der Waals surface area contributed by atoms with Gasteiger partial charge in [-0.05, 0) is 36.4 Å². The lowest BCUT2D eigenvalue weighted by atomic mass is 10.1. The summed E-state index contributed by atoms with van der Waals surface area (Å²) < 4.78 is 59.3. The molecule has 9 heteroatoms. The molecule has 144 valence electrons. The molecule has 6 nitrogen and oxygen atoms in total. The minimum atomic E-state index is -4.85. The number of hydrogen-bond donors (Lipinski definition) is 1. The number of anilines is 1. The van der Waals surface area contributed by atoms with Crippen molar-refractivity contribution >= 4 is 27.5 Å². The molecule has 0 heterocycles. The molecule has 1 amide bonds. The number of halogens is 2. The molecule has 27 heavy (non-hydrogen) atoms. The minimum Gasteiger partial charge on any atom is -0.497 e. The van der Waals surface area contributed by atoms with Crippen LogP contribution in [0.2, 0.25) is 0 Å². The summed E-state index contributed by atoms with van der Waals surface area (Å²) >= 11 is 0. The molecule has 0 aromatic heterocycles. The van der Waals surface area contributed by atoms with E-state index >= 15 is 0 Å². The van der Waals surface area contributed by atoms with Crippen LogP contribution in [0.1, 0.15) is 5.56 Å². The second-order valence-electron chi connectivity index (χ2n) is 5.23. The molecule has 0 aliphatic heterocycles. The van der Waals surface area contributed by atoms with Crippen LogP contribution in [0.4, 0.5) is 14.5 Å². The Hall–Kier alpha value is -2.94. The van der Waals surface area contributed by atoms with Gasteiger partial charge in [0.2, 0.25) is 15.7 Å². The van der Waals surface area contributed by atoms with E-state index in [9.17, 15) is 22.0 Å². The van der Waals surface area contributed by atoms with E-state index in [1.807, 2.05) is 0 Å². The highest BCUT2D eigenvalue weighted by atomic mass is 32.2. The predicted molar refractivity (Wildman–Crippen MR) is 96.8 cm³/mol. The van der Waals surface area contributed by atoms with Crippen LogP contribution in [0.25, 0.3) is 6.08 Å². The lowest BCUT2D eigenvalue weighted by molar-refractivity contribution is -0.111. The van der Waals surface area contributed by atoms with Gasteiger partial charge in [-0.15, -0.1) is 0 Å². The predicted octanol–water partition coefficient (Wildman–Crippen LogP) is 3.35. The van der Waals surface area contributed by atoms with Gasteiger partial charge in [0.1, 0.15) is 11.5 Å². The van der Waals surface area contributed by atoms with Gasteiger partial charge in [0.05, 0.1) is 24.8 Å². The fraction of sp³-hybridized carbons (Fsp3) is 0.167. The summed E-state index contributed by atoms with van der Waals surface area (Å²) in [6.45, 7) is 0. The summed E-state index contributed by atoms with van der Waals surface area (Å²) in [5.41, 5.74) is 0.311. The first kappa shape index (κ1) is 20.4. The zero-order valence-electron chi connectivity index (χ0n) is 14.5. The van der Waals surface area contributed by atoms with Crippen LogP contribution < -0.4 is 14.8 Å². The van der Waals surface area contributed by atoms with Gasteiger partial charge in [0.15, 0.2) is 0 Å².